The van der Waals surface area contributed by atoms with Crippen molar-refractivity contribution >= 4 is 79.6 Å². The second-order valence-electron chi connectivity index (χ2n) is 14.8. The molecule has 9 aromatic rings. The summed E-state index contributed by atoms with van der Waals surface area (Å²) in [5, 5.41) is 2.82. The standard InChI is InChI=1S/C50H34BN3S/c1-3-15-33(16-4-1)34-17-13-20-36(31-34)54-45-27-14-26-44-48(45)51(50-49(54)40-23-9-12-28-47(40)55-50)41-30-29-37(32-46(41)52(44)35-18-5-2-6-19-35)53-42-24-10-7-21-38(42)39-22-8-11-25-43(39)53/h1-32,49-50H. The molecule has 55 heavy (non-hydrogen) atoms. The maximum absolute atomic E-state index is 2.66. The summed E-state index contributed by atoms with van der Waals surface area (Å²) in [7, 11) is 0. The second kappa shape index (κ2) is 12.0. The fourth-order valence-corrected chi connectivity index (χ4v) is 11.3. The minimum atomic E-state index is 0.160. The van der Waals surface area contributed by atoms with E-state index in [-0.39, 0.29) is 17.9 Å². The lowest BCUT2D eigenvalue weighted by Crippen LogP contribution is -2.62. The van der Waals surface area contributed by atoms with Gasteiger partial charge in [0.25, 0.3) is 0 Å². The summed E-state index contributed by atoms with van der Waals surface area (Å²) in [5.41, 5.74) is 16.4. The molecule has 5 heteroatoms. The summed E-state index contributed by atoms with van der Waals surface area (Å²) >= 11 is 2.06. The number of benzene rings is 8. The molecule has 3 nitrogen and oxygen atoms in total. The van der Waals surface area contributed by atoms with Crippen LogP contribution in [0.1, 0.15) is 11.6 Å². The minimum absolute atomic E-state index is 0.160. The van der Waals surface area contributed by atoms with Gasteiger partial charge in [-0.1, -0.05) is 127 Å². The van der Waals surface area contributed by atoms with Crippen LogP contribution in [0.25, 0.3) is 38.6 Å². The smallest absolute Gasteiger partial charge is 0.233 e. The number of aromatic nitrogens is 1. The molecule has 0 radical (unpaired) electrons. The summed E-state index contributed by atoms with van der Waals surface area (Å²) < 4.78 is 2.45. The molecule has 2 unspecified atom stereocenters. The van der Waals surface area contributed by atoms with E-state index in [9.17, 15) is 0 Å². The Bertz CT molecular complexity index is 2900. The van der Waals surface area contributed by atoms with Crippen LogP contribution in [0.5, 0.6) is 0 Å². The van der Waals surface area contributed by atoms with Gasteiger partial charge in [0.2, 0.25) is 6.71 Å². The van der Waals surface area contributed by atoms with Crippen molar-refractivity contribution in [1.29, 1.82) is 0 Å². The normalized spacial score (nSPS) is 16.5. The van der Waals surface area contributed by atoms with Crippen LogP contribution < -0.4 is 20.7 Å². The van der Waals surface area contributed by atoms with Gasteiger partial charge in [0.1, 0.15) is 0 Å². The molecule has 4 heterocycles. The van der Waals surface area contributed by atoms with Crippen molar-refractivity contribution in [2.75, 3.05) is 9.80 Å². The first-order chi connectivity index (χ1) is 27.3. The van der Waals surface area contributed by atoms with Crippen LogP contribution in [0.2, 0.25) is 0 Å². The molecular formula is C50H34BN3S. The number of hydrogen-bond acceptors (Lipinski definition) is 3. The average Bonchev–Trinajstić information content (AvgIpc) is 3.80. The first-order valence-electron chi connectivity index (χ1n) is 19.1. The fourth-order valence-electron chi connectivity index (χ4n) is 9.75. The SMILES string of the molecule is c1ccc(-c2cccc(N3c4cccc5c4B(c4ccc(-n6c7ccccc7c7ccccc76)cc4N5c4ccccc4)C4Sc5ccccc5C43)c2)cc1. The molecule has 0 saturated carbocycles. The molecule has 258 valence electrons. The highest BCUT2D eigenvalue weighted by Gasteiger charge is 2.53. The van der Waals surface area contributed by atoms with Crippen LogP contribution in [0, 0.1) is 0 Å². The Morgan fingerprint density at radius 2 is 1.09 bits per heavy atom. The monoisotopic (exact) mass is 719 g/mol. The third-order valence-electron chi connectivity index (χ3n) is 12.0. The summed E-state index contributed by atoms with van der Waals surface area (Å²) in [4.78, 5) is 6.56. The van der Waals surface area contributed by atoms with Crippen molar-refractivity contribution in [3.63, 3.8) is 0 Å². The van der Waals surface area contributed by atoms with E-state index < -0.39 is 0 Å². The highest BCUT2D eigenvalue weighted by Crippen LogP contribution is 2.56. The molecule has 0 amide bonds. The van der Waals surface area contributed by atoms with Gasteiger partial charge in [0, 0.05) is 54.9 Å². The van der Waals surface area contributed by atoms with Gasteiger partial charge >= 0.3 is 0 Å². The maximum atomic E-state index is 2.66. The molecule has 0 aliphatic carbocycles. The van der Waals surface area contributed by atoms with Crippen molar-refractivity contribution in [3.05, 3.63) is 200 Å². The van der Waals surface area contributed by atoms with Gasteiger partial charge < -0.3 is 14.4 Å². The summed E-state index contributed by atoms with van der Waals surface area (Å²) in [6, 6.07) is 72.0. The van der Waals surface area contributed by atoms with Crippen LogP contribution in [-0.2, 0) is 0 Å². The van der Waals surface area contributed by atoms with E-state index >= 15 is 0 Å². The zero-order chi connectivity index (χ0) is 36.0. The largest absolute Gasteiger partial charge is 0.334 e. The van der Waals surface area contributed by atoms with Crippen LogP contribution in [0.15, 0.2) is 199 Å². The lowest BCUT2D eigenvalue weighted by molar-refractivity contribution is 0.746. The number of anilines is 5. The fraction of sp³-hybridized carbons (Fsp3) is 0.0400. The van der Waals surface area contributed by atoms with E-state index in [0.29, 0.717) is 0 Å². The number of thioether (sulfide) groups is 1. The number of rotatable bonds is 4. The molecule has 0 saturated heterocycles. The zero-order valence-electron chi connectivity index (χ0n) is 30.0. The van der Waals surface area contributed by atoms with Crippen molar-refractivity contribution in [2.45, 2.75) is 16.1 Å². The Balaban J connectivity index is 1.12. The van der Waals surface area contributed by atoms with Crippen molar-refractivity contribution in [2.24, 2.45) is 0 Å². The lowest BCUT2D eigenvalue weighted by atomic mass is 9.33. The number of nitrogens with zero attached hydrogens (tertiary/aromatic N) is 3. The molecule has 0 N–H and O–H groups in total. The highest BCUT2D eigenvalue weighted by atomic mass is 32.2. The molecular weight excluding hydrogens is 685 g/mol. The summed E-state index contributed by atoms with van der Waals surface area (Å²) in [5.74, 6) is 0. The maximum Gasteiger partial charge on any atom is 0.233 e. The Morgan fingerprint density at radius 1 is 0.455 bits per heavy atom. The van der Waals surface area contributed by atoms with E-state index in [4.69, 9.17) is 0 Å². The molecule has 0 fully saturated rings. The topological polar surface area (TPSA) is 11.4 Å². The molecule has 3 aliphatic rings. The molecule has 12 rings (SSSR count). The Labute approximate surface area is 325 Å². The van der Waals surface area contributed by atoms with E-state index in [0.717, 1.165) is 5.69 Å². The lowest BCUT2D eigenvalue weighted by Gasteiger charge is -2.48. The molecule has 0 spiro atoms. The quantitative estimate of drug-likeness (QED) is 0.168. The van der Waals surface area contributed by atoms with Gasteiger partial charge in [-0.3, -0.25) is 0 Å². The van der Waals surface area contributed by atoms with E-state index in [2.05, 4.69) is 220 Å². The van der Waals surface area contributed by atoms with E-state index in [1.54, 1.807) is 0 Å². The van der Waals surface area contributed by atoms with Gasteiger partial charge in [-0.2, -0.15) is 0 Å². The van der Waals surface area contributed by atoms with E-state index in [1.165, 1.54) is 82.8 Å². The van der Waals surface area contributed by atoms with Crippen molar-refractivity contribution in [3.8, 4) is 16.8 Å². The van der Waals surface area contributed by atoms with Crippen molar-refractivity contribution < 1.29 is 0 Å². The van der Waals surface area contributed by atoms with Crippen LogP contribution >= 0.6 is 11.8 Å². The van der Waals surface area contributed by atoms with Gasteiger partial charge in [-0.15, -0.1) is 11.8 Å². The zero-order valence-corrected chi connectivity index (χ0v) is 30.8. The molecule has 1 aromatic heterocycles. The highest BCUT2D eigenvalue weighted by molar-refractivity contribution is 8.02. The van der Waals surface area contributed by atoms with Crippen LogP contribution in [0.4, 0.5) is 28.4 Å². The van der Waals surface area contributed by atoms with Crippen LogP contribution in [-0.4, -0.2) is 16.4 Å². The number of fused-ring (bicyclic) bond motifs is 9. The molecule has 2 atom stereocenters. The van der Waals surface area contributed by atoms with Crippen molar-refractivity contribution in [1.82, 2.24) is 4.57 Å². The summed E-state index contributed by atoms with van der Waals surface area (Å²) in [6.45, 7) is 0.185. The first-order valence-corrected chi connectivity index (χ1v) is 20.0. The second-order valence-corrected chi connectivity index (χ2v) is 16.0. The Hall–Kier alpha value is -6.43. The van der Waals surface area contributed by atoms with Gasteiger partial charge in [0.15, 0.2) is 0 Å². The number of hydrogen-bond donors (Lipinski definition) is 0. The first kappa shape index (κ1) is 31.0. The Morgan fingerprint density at radius 3 is 1.89 bits per heavy atom. The number of para-hydroxylation sites is 3. The third kappa shape index (κ3) is 4.54. The minimum Gasteiger partial charge on any atom is -0.334 e. The van der Waals surface area contributed by atoms with Gasteiger partial charge in [-0.05, 0) is 94.3 Å². The van der Waals surface area contributed by atoms with Gasteiger partial charge in [0.05, 0.1) is 17.1 Å². The van der Waals surface area contributed by atoms with Crippen LogP contribution in [0.3, 0.4) is 0 Å². The summed E-state index contributed by atoms with van der Waals surface area (Å²) in [6.07, 6.45) is 0. The third-order valence-corrected chi connectivity index (χ3v) is 13.4. The predicted molar refractivity (Wildman–Crippen MR) is 233 cm³/mol. The molecule has 8 aromatic carbocycles. The molecule has 0 bridgehead atoms. The Kier molecular flexibility index (Phi) is 6.78. The molecule has 3 aliphatic heterocycles. The average molecular weight is 720 g/mol. The van der Waals surface area contributed by atoms with Gasteiger partial charge in [-0.25, -0.2) is 0 Å². The predicted octanol–water partition coefficient (Wildman–Crippen LogP) is 11.7. The van der Waals surface area contributed by atoms with E-state index in [1.807, 2.05) is 0 Å².